The third-order valence-corrected chi connectivity index (χ3v) is 9.18. The van der Waals surface area contributed by atoms with Crippen LogP contribution in [0, 0.1) is 17.7 Å². The van der Waals surface area contributed by atoms with Crippen LogP contribution in [0.4, 0.5) is 13.6 Å². The van der Waals surface area contributed by atoms with Crippen molar-refractivity contribution in [3.63, 3.8) is 0 Å². The number of hydrogen-bond donors (Lipinski definition) is 0. The monoisotopic (exact) mass is 503 g/mol. The highest BCUT2D eigenvalue weighted by molar-refractivity contribution is 5.74. The van der Waals surface area contributed by atoms with Crippen LogP contribution in [0.3, 0.4) is 0 Å². The first-order valence-electron chi connectivity index (χ1n) is 14.4. The van der Waals surface area contributed by atoms with E-state index in [1.807, 2.05) is 15.9 Å². The van der Waals surface area contributed by atoms with Crippen molar-refractivity contribution in [3.8, 4) is 5.75 Å². The van der Waals surface area contributed by atoms with E-state index in [1.54, 1.807) is 6.07 Å². The molecule has 2 amide bonds. The summed E-state index contributed by atoms with van der Waals surface area (Å²) in [6.45, 7) is 4.85. The zero-order valence-corrected chi connectivity index (χ0v) is 21.6. The highest BCUT2D eigenvalue weighted by atomic mass is 19.1. The molecule has 1 aromatic carbocycles. The molecule has 5 nitrogen and oxygen atoms in total. The lowest BCUT2D eigenvalue weighted by atomic mass is 9.77. The van der Waals surface area contributed by atoms with E-state index in [9.17, 15) is 13.6 Å². The van der Waals surface area contributed by atoms with Crippen molar-refractivity contribution in [2.24, 2.45) is 11.8 Å². The van der Waals surface area contributed by atoms with E-state index in [4.69, 9.17) is 4.74 Å². The first-order valence-corrected chi connectivity index (χ1v) is 14.4. The number of likely N-dealkylation sites (tertiary alicyclic amines) is 1. The van der Waals surface area contributed by atoms with E-state index in [2.05, 4.69) is 4.90 Å². The maximum Gasteiger partial charge on any atom is 0.320 e. The highest BCUT2D eigenvalue weighted by Gasteiger charge is 2.37. The van der Waals surface area contributed by atoms with E-state index in [-0.39, 0.29) is 18.0 Å². The Balaban J connectivity index is 1.13. The zero-order chi connectivity index (χ0) is 24.9. The van der Waals surface area contributed by atoms with Gasteiger partial charge in [0.1, 0.15) is 23.8 Å². The Morgan fingerprint density at radius 1 is 0.806 bits per heavy atom. The molecule has 5 rings (SSSR count). The quantitative estimate of drug-likeness (QED) is 0.503. The second-order valence-electron chi connectivity index (χ2n) is 11.5. The standard InChI is InChI=1S/C29H43F2N3O2/c30-24-9-11-26(12-10-24)32-17-19-34(20-18-32)29(35)33-15-13-23(14-16-33)28(22-5-2-1-3-6-22)36-27-8-4-7-25(31)21-27/h4,7-8,21-24,26,28H,1-3,5-6,9-20H2. The molecule has 2 saturated heterocycles. The Bertz CT molecular complexity index is 841. The normalized spacial score (nSPS) is 28.2. The molecule has 200 valence electrons. The lowest BCUT2D eigenvalue weighted by molar-refractivity contribution is 0.0222. The number of amides is 2. The van der Waals surface area contributed by atoms with Crippen molar-refractivity contribution in [2.45, 2.75) is 88.9 Å². The number of carbonyl (C=O) groups excluding carboxylic acids is 1. The van der Waals surface area contributed by atoms with Gasteiger partial charge in [0.15, 0.2) is 0 Å². The summed E-state index contributed by atoms with van der Waals surface area (Å²) in [6, 6.07) is 7.19. The number of urea groups is 1. The minimum absolute atomic E-state index is 0.0901. The summed E-state index contributed by atoms with van der Waals surface area (Å²) in [4.78, 5) is 19.8. The predicted molar refractivity (Wildman–Crippen MR) is 137 cm³/mol. The predicted octanol–water partition coefficient (Wildman–Crippen LogP) is 5.88. The number of benzene rings is 1. The number of rotatable bonds is 5. The van der Waals surface area contributed by atoms with Crippen molar-refractivity contribution in [1.82, 2.24) is 14.7 Å². The van der Waals surface area contributed by atoms with Crippen molar-refractivity contribution in [2.75, 3.05) is 39.3 Å². The van der Waals surface area contributed by atoms with Crippen molar-refractivity contribution in [3.05, 3.63) is 30.1 Å². The summed E-state index contributed by atoms with van der Waals surface area (Å²) in [5.74, 6) is 1.27. The van der Waals surface area contributed by atoms with Crippen LogP contribution in [-0.2, 0) is 0 Å². The fourth-order valence-electron chi connectivity index (χ4n) is 7.04. The molecule has 2 heterocycles. The molecule has 1 unspecified atom stereocenters. The van der Waals surface area contributed by atoms with Crippen LogP contribution >= 0.6 is 0 Å². The first kappa shape index (κ1) is 25.7. The van der Waals surface area contributed by atoms with Gasteiger partial charge in [0.25, 0.3) is 0 Å². The average Bonchev–Trinajstić information content (AvgIpc) is 2.93. The molecule has 2 aliphatic heterocycles. The Hall–Kier alpha value is -1.89. The first-order chi connectivity index (χ1) is 17.6. The van der Waals surface area contributed by atoms with Crippen LogP contribution in [-0.4, -0.2) is 78.3 Å². The molecule has 0 N–H and O–H groups in total. The Kier molecular flexibility index (Phi) is 8.66. The molecule has 1 atom stereocenters. The van der Waals surface area contributed by atoms with Crippen LogP contribution in [0.1, 0.15) is 70.6 Å². The average molecular weight is 504 g/mol. The highest BCUT2D eigenvalue weighted by Crippen LogP contribution is 2.36. The second-order valence-corrected chi connectivity index (χ2v) is 11.5. The van der Waals surface area contributed by atoms with Crippen LogP contribution in [0.5, 0.6) is 5.75 Å². The van der Waals surface area contributed by atoms with E-state index in [0.29, 0.717) is 36.5 Å². The van der Waals surface area contributed by atoms with Gasteiger partial charge >= 0.3 is 6.03 Å². The summed E-state index contributed by atoms with van der Waals surface area (Å²) in [5.41, 5.74) is 0. The maximum atomic E-state index is 13.8. The second kappa shape index (κ2) is 12.1. The van der Waals surface area contributed by atoms with Gasteiger partial charge in [0.05, 0.1) is 0 Å². The van der Waals surface area contributed by atoms with Gasteiger partial charge in [-0.15, -0.1) is 0 Å². The lowest BCUT2D eigenvalue weighted by Crippen LogP contribution is -2.56. The van der Waals surface area contributed by atoms with Gasteiger partial charge in [0.2, 0.25) is 0 Å². The Morgan fingerprint density at radius 2 is 1.44 bits per heavy atom. The number of ether oxygens (including phenoxy) is 1. The number of carbonyl (C=O) groups is 1. The van der Waals surface area contributed by atoms with Gasteiger partial charge in [-0.3, -0.25) is 4.90 Å². The summed E-state index contributed by atoms with van der Waals surface area (Å²) in [6.07, 6.45) is 10.7. The summed E-state index contributed by atoms with van der Waals surface area (Å²) >= 11 is 0. The number of halogens is 2. The van der Waals surface area contributed by atoms with Crippen LogP contribution < -0.4 is 4.74 Å². The van der Waals surface area contributed by atoms with Crippen molar-refractivity contribution in [1.29, 1.82) is 0 Å². The smallest absolute Gasteiger partial charge is 0.320 e. The molecule has 0 bridgehead atoms. The molecule has 1 aromatic rings. The molecule has 7 heteroatoms. The molecule has 2 aliphatic carbocycles. The summed E-state index contributed by atoms with van der Waals surface area (Å²) in [7, 11) is 0. The van der Waals surface area contributed by atoms with Crippen molar-refractivity contribution < 1.29 is 18.3 Å². The van der Waals surface area contributed by atoms with E-state index < -0.39 is 6.17 Å². The SMILES string of the molecule is O=C(N1CCC(C(Oc2cccc(F)c2)C2CCCCC2)CC1)N1CCN(C2CCC(F)CC2)CC1. The molecule has 0 spiro atoms. The van der Waals surface area contributed by atoms with Gasteiger partial charge in [-0.2, -0.15) is 0 Å². The number of piperidine rings is 1. The number of alkyl halides is 1. The molecular weight excluding hydrogens is 460 g/mol. The zero-order valence-electron chi connectivity index (χ0n) is 21.6. The molecule has 0 radical (unpaired) electrons. The van der Waals surface area contributed by atoms with Gasteiger partial charge in [-0.1, -0.05) is 25.3 Å². The van der Waals surface area contributed by atoms with Gasteiger partial charge in [-0.25, -0.2) is 13.6 Å². The largest absolute Gasteiger partial charge is 0.490 e. The minimum atomic E-state index is -0.621. The maximum absolute atomic E-state index is 13.8. The summed E-state index contributed by atoms with van der Waals surface area (Å²) < 4.78 is 33.8. The minimum Gasteiger partial charge on any atom is -0.490 e. The van der Waals surface area contributed by atoms with Crippen LogP contribution in [0.2, 0.25) is 0 Å². The molecule has 2 saturated carbocycles. The lowest BCUT2D eigenvalue weighted by Gasteiger charge is -2.44. The van der Waals surface area contributed by atoms with Crippen LogP contribution in [0.25, 0.3) is 0 Å². The van der Waals surface area contributed by atoms with Gasteiger partial charge < -0.3 is 14.5 Å². The number of piperazine rings is 1. The van der Waals surface area contributed by atoms with Gasteiger partial charge in [-0.05, 0) is 75.3 Å². The molecule has 4 aliphatic rings. The van der Waals surface area contributed by atoms with Gasteiger partial charge in [0, 0.05) is 51.4 Å². The molecular formula is C29H43F2N3O2. The van der Waals surface area contributed by atoms with E-state index in [0.717, 1.165) is 65.0 Å². The Labute approximate surface area is 215 Å². The number of nitrogens with zero attached hydrogens (tertiary/aromatic N) is 3. The molecule has 36 heavy (non-hydrogen) atoms. The third-order valence-electron chi connectivity index (χ3n) is 9.18. The Morgan fingerprint density at radius 3 is 2.11 bits per heavy atom. The number of hydrogen-bond acceptors (Lipinski definition) is 3. The topological polar surface area (TPSA) is 36.0 Å². The van der Waals surface area contributed by atoms with Crippen LogP contribution in [0.15, 0.2) is 24.3 Å². The molecule has 0 aromatic heterocycles. The molecule has 4 fully saturated rings. The van der Waals surface area contributed by atoms with E-state index >= 15 is 0 Å². The third kappa shape index (κ3) is 6.32. The van der Waals surface area contributed by atoms with Crippen molar-refractivity contribution >= 4 is 6.03 Å². The fraction of sp³-hybridized carbons (Fsp3) is 0.759. The fourth-order valence-corrected chi connectivity index (χ4v) is 7.04. The van der Waals surface area contributed by atoms with E-state index in [1.165, 1.54) is 44.2 Å². The summed E-state index contributed by atoms with van der Waals surface area (Å²) in [5, 5.41) is 0.